The smallest absolute Gasteiger partial charge is 0.214 e. The van der Waals surface area contributed by atoms with Crippen molar-refractivity contribution >= 4 is 45.1 Å². The number of benzene rings is 2. The molecule has 1 aliphatic rings. The van der Waals surface area contributed by atoms with Crippen LogP contribution in [0.5, 0.6) is 0 Å². The van der Waals surface area contributed by atoms with Crippen molar-refractivity contribution in [2.45, 2.75) is 11.3 Å². The van der Waals surface area contributed by atoms with Gasteiger partial charge in [0, 0.05) is 27.1 Å². The highest BCUT2D eigenvalue weighted by Crippen LogP contribution is 2.30. The number of hydrogen-bond acceptors (Lipinski definition) is 3. The van der Waals surface area contributed by atoms with Crippen molar-refractivity contribution in [3.63, 3.8) is 0 Å². The van der Waals surface area contributed by atoms with Gasteiger partial charge >= 0.3 is 0 Å². The fourth-order valence-corrected chi connectivity index (χ4v) is 3.44. The molecule has 118 valence electrons. The summed E-state index contributed by atoms with van der Waals surface area (Å²) < 4.78 is 14.4. The molecule has 1 heterocycles. The predicted octanol–water partition coefficient (Wildman–Crippen LogP) is 4.02. The van der Waals surface area contributed by atoms with Gasteiger partial charge in [-0.3, -0.25) is 0 Å². The van der Waals surface area contributed by atoms with Crippen LogP contribution in [0.25, 0.3) is 0 Å². The first-order valence-electron chi connectivity index (χ1n) is 6.97. The van der Waals surface area contributed by atoms with Gasteiger partial charge in [-0.05, 0) is 42.5 Å². The van der Waals surface area contributed by atoms with Crippen LogP contribution in [0.3, 0.4) is 0 Å². The Hall–Kier alpha value is -1.86. The van der Waals surface area contributed by atoms with E-state index in [1.54, 1.807) is 17.8 Å². The molecule has 3 N–H and O–H groups in total. The van der Waals surface area contributed by atoms with E-state index in [-0.39, 0.29) is 11.8 Å². The van der Waals surface area contributed by atoms with Crippen molar-refractivity contribution in [1.29, 1.82) is 0 Å². The zero-order valence-electron chi connectivity index (χ0n) is 12.1. The van der Waals surface area contributed by atoms with Crippen LogP contribution in [-0.4, -0.2) is 17.4 Å². The van der Waals surface area contributed by atoms with Crippen molar-refractivity contribution in [3.05, 3.63) is 58.3 Å². The Bertz CT molecular complexity index is 774. The normalized spacial score (nSPS) is 16.3. The lowest BCUT2D eigenvalue weighted by Gasteiger charge is -2.17. The maximum absolute atomic E-state index is 13.4. The van der Waals surface area contributed by atoms with Gasteiger partial charge in [0.15, 0.2) is 0 Å². The standard InChI is InChI=1S/C16H14BrFN4S/c17-10-1-4-12(5-2-10)20-16(19)22-21-14-7-8-23-15-6-3-11(18)9-13(14)15/h1-6,9H,7-8H2,(H3,19,20,22)/b21-14+. The summed E-state index contributed by atoms with van der Waals surface area (Å²) >= 11 is 5.06. The first-order chi connectivity index (χ1) is 11.1. The minimum Gasteiger partial charge on any atom is -0.368 e. The minimum atomic E-state index is -0.268. The third-order valence-electron chi connectivity index (χ3n) is 3.23. The summed E-state index contributed by atoms with van der Waals surface area (Å²) in [7, 11) is 0. The van der Waals surface area contributed by atoms with Gasteiger partial charge in [0.25, 0.3) is 0 Å². The summed E-state index contributed by atoms with van der Waals surface area (Å²) in [5.74, 6) is 0.828. The van der Waals surface area contributed by atoms with Crippen LogP contribution >= 0.6 is 27.7 Å². The van der Waals surface area contributed by atoms with Crippen molar-refractivity contribution in [2.75, 3.05) is 5.75 Å². The Morgan fingerprint density at radius 1 is 1.22 bits per heavy atom. The summed E-state index contributed by atoms with van der Waals surface area (Å²) in [5.41, 5.74) is 10.9. The van der Waals surface area contributed by atoms with Gasteiger partial charge in [0.05, 0.1) is 11.4 Å². The summed E-state index contributed by atoms with van der Waals surface area (Å²) in [6.45, 7) is 0. The lowest BCUT2D eigenvalue weighted by atomic mass is 10.1. The number of fused-ring (bicyclic) bond motifs is 1. The summed E-state index contributed by atoms with van der Waals surface area (Å²) in [5, 5.41) is 4.30. The van der Waals surface area contributed by atoms with E-state index in [0.29, 0.717) is 0 Å². The van der Waals surface area contributed by atoms with Crippen LogP contribution in [0.2, 0.25) is 0 Å². The van der Waals surface area contributed by atoms with Crippen molar-refractivity contribution in [3.8, 4) is 0 Å². The van der Waals surface area contributed by atoms with Gasteiger partial charge in [-0.25, -0.2) is 14.8 Å². The Balaban J connectivity index is 1.78. The van der Waals surface area contributed by atoms with Crippen LogP contribution in [0.4, 0.5) is 10.1 Å². The van der Waals surface area contributed by atoms with Crippen LogP contribution < -0.4 is 11.2 Å². The molecule has 7 heteroatoms. The van der Waals surface area contributed by atoms with Gasteiger partial charge < -0.3 is 5.73 Å². The molecule has 0 unspecified atom stereocenters. The van der Waals surface area contributed by atoms with E-state index in [1.165, 1.54) is 12.1 Å². The topological polar surface area (TPSA) is 62.8 Å². The number of nitrogens with zero attached hydrogens (tertiary/aromatic N) is 2. The molecule has 0 saturated heterocycles. The molecule has 2 aromatic rings. The Morgan fingerprint density at radius 3 is 2.78 bits per heavy atom. The Labute approximate surface area is 146 Å². The van der Waals surface area contributed by atoms with Gasteiger partial charge in [-0.1, -0.05) is 15.9 Å². The molecule has 0 spiro atoms. The average Bonchev–Trinajstić information content (AvgIpc) is 2.55. The third kappa shape index (κ3) is 4.11. The summed E-state index contributed by atoms with van der Waals surface area (Å²) in [6, 6.07) is 12.2. The molecule has 0 aromatic heterocycles. The molecular weight excluding hydrogens is 379 g/mol. The van der Waals surface area contributed by atoms with E-state index in [4.69, 9.17) is 5.73 Å². The number of hydrogen-bond donors (Lipinski definition) is 2. The van der Waals surface area contributed by atoms with Gasteiger partial charge in [0.1, 0.15) is 5.82 Å². The minimum absolute atomic E-state index is 0.191. The number of aliphatic imine (C=N–C) groups is 1. The van der Waals surface area contributed by atoms with Crippen LogP contribution in [0.1, 0.15) is 12.0 Å². The van der Waals surface area contributed by atoms with Crippen LogP contribution in [-0.2, 0) is 0 Å². The molecule has 0 fully saturated rings. The zero-order valence-corrected chi connectivity index (χ0v) is 14.5. The Morgan fingerprint density at radius 2 is 2.00 bits per heavy atom. The Kier molecular flexibility index (Phi) is 4.97. The lowest BCUT2D eigenvalue weighted by Crippen LogP contribution is -2.28. The highest BCUT2D eigenvalue weighted by molar-refractivity contribution is 9.10. The van der Waals surface area contributed by atoms with Crippen LogP contribution in [0, 0.1) is 5.82 Å². The second-order valence-corrected chi connectivity index (χ2v) is 6.94. The molecule has 0 bridgehead atoms. The molecule has 3 rings (SSSR count). The molecule has 0 amide bonds. The molecule has 0 atom stereocenters. The maximum atomic E-state index is 13.4. The fraction of sp³-hybridized carbons (Fsp3) is 0.125. The van der Waals surface area contributed by atoms with Crippen molar-refractivity contribution in [1.82, 2.24) is 5.43 Å². The van der Waals surface area contributed by atoms with E-state index in [9.17, 15) is 4.39 Å². The quantitative estimate of drug-likeness (QED) is 0.460. The number of guanidine groups is 1. The molecule has 0 aliphatic carbocycles. The molecule has 0 saturated carbocycles. The first-order valence-corrected chi connectivity index (χ1v) is 8.75. The number of hydrazone groups is 1. The number of nitrogens with one attached hydrogen (secondary N) is 1. The van der Waals surface area contributed by atoms with E-state index >= 15 is 0 Å². The SMILES string of the molecule is NC(=Nc1ccc(Br)cc1)N/N=C1\CCSc2ccc(F)cc21. The molecule has 4 nitrogen and oxygen atoms in total. The highest BCUT2D eigenvalue weighted by atomic mass is 79.9. The summed E-state index contributed by atoms with van der Waals surface area (Å²) in [4.78, 5) is 5.26. The number of thioether (sulfide) groups is 1. The van der Waals surface area contributed by atoms with E-state index in [2.05, 4.69) is 31.4 Å². The first kappa shape index (κ1) is 16.0. The fourth-order valence-electron chi connectivity index (χ4n) is 2.17. The lowest BCUT2D eigenvalue weighted by molar-refractivity contribution is 0.626. The predicted molar refractivity (Wildman–Crippen MR) is 96.8 cm³/mol. The van der Waals surface area contributed by atoms with E-state index in [0.717, 1.165) is 38.5 Å². The largest absolute Gasteiger partial charge is 0.368 e. The second-order valence-electron chi connectivity index (χ2n) is 4.88. The third-order valence-corrected chi connectivity index (χ3v) is 4.83. The van der Waals surface area contributed by atoms with Crippen LogP contribution in [0.15, 0.2) is 61.9 Å². The molecule has 0 radical (unpaired) electrons. The van der Waals surface area contributed by atoms with Crippen molar-refractivity contribution in [2.24, 2.45) is 15.8 Å². The number of halogens is 2. The number of nitrogens with two attached hydrogens (primary N) is 1. The number of rotatable bonds is 2. The molecule has 2 aromatic carbocycles. The molecular formula is C16H14BrFN4S. The van der Waals surface area contributed by atoms with Gasteiger partial charge in [0.2, 0.25) is 5.96 Å². The van der Waals surface area contributed by atoms with Crippen molar-refractivity contribution < 1.29 is 4.39 Å². The van der Waals surface area contributed by atoms with Gasteiger partial charge in [-0.15, -0.1) is 11.8 Å². The zero-order chi connectivity index (χ0) is 16.2. The molecule has 23 heavy (non-hydrogen) atoms. The highest BCUT2D eigenvalue weighted by Gasteiger charge is 2.16. The van der Waals surface area contributed by atoms with E-state index in [1.807, 2.05) is 24.3 Å². The average molecular weight is 393 g/mol. The maximum Gasteiger partial charge on any atom is 0.214 e. The second kappa shape index (κ2) is 7.14. The monoisotopic (exact) mass is 392 g/mol. The van der Waals surface area contributed by atoms with Gasteiger partial charge in [-0.2, -0.15) is 5.10 Å². The van der Waals surface area contributed by atoms with E-state index < -0.39 is 0 Å². The molecule has 1 aliphatic heterocycles. The summed E-state index contributed by atoms with van der Waals surface area (Å²) in [6.07, 6.45) is 0.750.